The van der Waals surface area contributed by atoms with E-state index in [1.165, 1.54) is 64.2 Å². The molecule has 4 atom stereocenters. The number of nitrogens with zero attached hydrogens (tertiary/aromatic N) is 5. The number of likely N-dealkylation sites (tertiary alicyclic amines) is 1. The van der Waals surface area contributed by atoms with Gasteiger partial charge in [0.15, 0.2) is 0 Å². The molecule has 4 rings (SSSR count). The predicted octanol–water partition coefficient (Wildman–Crippen LogP) is 9.22. The Labute approximate surface area is 295 Å². The summed E-state index contributed by atoms with van der Waals surface area (Å²) < 4.78 is 13.0. The molecule has 2 saturated heterocycles. The van der Waals surface area contributed by atoms with Gasteiger partial charge < -0.3 is 14.4 Å². The zero-order chi connectivity index (χ0) is 32.4. The van der Waals surface area contributed by atoms with Crippen LogP contribution in [0.25, 0.3) is 11.6 Å². The summed E-state index contributed by atoms with van der Waals surface area (Å²) in [6.07, 6.45) is 18.7. The van der Waals surface area contributed by atoms with Crippen LogP contribution in [0.1, 0.15) is 130 Å². The van der Waals surface area contributed by atoms with Crippen LogP contribution in [-0.2, 0) is 4.74 Å². The van der Waals surface area contributed by atoms with Crippen molar-refractivity contribution in [1.82, 2.24) is 14.9 Å². The number of piperazine rings is 1. The monoisotopic (exact) mass is 719 g/mol. The average molecular weight is 721 g/mol. The second-order valence-corrected chi connectivity index (χ2v) is 14.8. The highest BCUT2D eigenvalue weighted by atomic mass is 79.9. The summed E-state index contributed by atoms with van der Waals surface area (Å²) in [5.74, 6) is 1.03. The third-order valence-corrected chi connectivity index (χ3v) is 10.7. The lowest BCUT2D eigenvalue weighted by atomic mass is 9.81. The number of fused-ring (bicyclic) bond motifs is 3. The lowest BCUT2D eigenvalue weighted by Crippen LogP contribution is -2.54. The fraction of sp³-hybridized carbons (Fsp3) is 0.757. The third kappa shape index (κ3) is 9.82. The Hall–Kier alpha value is -1.42. The topological polar surface area (TPSA) is 63.1 Å². The number of aromatic nitrogens is 2. The first-order chi connectivity index (χ1) is 21.8. The number of ether oxygens (including phenoxy) is 2. The van der Waals surface area contributed by atoms with Crippen LogP contribution in [0.15, 0.2) is 15.6 Å². The first-order valence-electron chi connectivity index (χ1n) is 17.9. The Kier molecular flexibility index (Phi) is 16.1. The van der Waals surface area contributed by atoms with Gasteiger partial charge in [0, 0.05) is 66.9 Å². The second-order valence-electron chi connectivity index (χ2n) is 13.9. The van der Waals surface area contributed by atoms with E-state index in [0.29, 0.717) is 24.7 Å². The predicted molar refractivity (Wildman–Crippen MR) is 204 cm³/mol. The molecule has 2 fully saturated rings. The van der Waals surface area contributed by atoms with Crippen molar-refractivity contribution in [3.8, 4) is 6.01 Å². The molecule has 260 valence electrons. The third-order valence-electron chi connectivity index (χ3n) is 10.1. The summed E-state index contributed by atoms with van der Waals surface area (Å²) in [5.41, 5.74) is 4.28. The number of hydrogen-bond donors (Lipinski definition) is 0. The van der Waals surface area contributed by atoms with E-state index < -0.39 is 0 Å². The molecule has 0 radical (unpaired) electrons. The fourth-order valence-corrected chi connectivity index (χ4v) is 7.79. The van der Waals surface area contributed by atoms with E-state index in [1.54, 1.807) is 7.11 Å². The first-order valence-corrected chi connectivity index (χ1v) is 18.7. The number of hydrogen-bond acceptors (Lipinski definition) is 7. The van der Waals surface area contributed by atoms with E-state index in [0.717, 1.165) is 71.9 Å². The van der Waals surface area contributed by atoms with Crippen molar-refractivity contribution in [2.45, 2.75) is 137 Å². The van der Waals surface area contributed by atoms with Crippen molar-refractivity contribution < 1.29 is 9.47 Å². The van der Waals surface area contributed by atoms with Crippen LogP contribution in [0.3, 0.4) is 0 Å². The molecule has 1 aromatic rings. The molecule has 0 spiro atoms. The maximum atomic E-state index is 6.65. The molecule has 3 aliphatic rings. The minimum Gasteiger partial charge on any atom is -0.463 e. The highest BCUT2D eigenvalue weighted by Gasteiger charge is 2.43. The normalized spacial score (nSPS) is 23.2. The Balaban J connectivity index is 0.00000576. The second kappa shape index (κ2) is 18.9. The van der Waals surface area contributed by atoms with Crippen LogP contribution < -0.4 is 9.64 Å². The van der Waals surface area contributed by atoms with Gasteiger partial charge in [0.25, 0.3) is 0 Å². The molecular formula is C37H62BrN5O2S. The van der Waals surface area contributed by atoms with Gasteiger partial charge in [-0.1, -0.05) is 72.3 Å². The van der Waals surface area contributed by atoms with E-state index >= 15 is 0 Å². The number of halogens is 1. The van der Waals surface area contributed by atoms with Crippen molar-refractivity contribution >= 4 is 52.6 Å². The van der Waals surface area contributed by atoms with Crippen LogP contribution in [0.4, 0.5) is 5.82 Å². The van der Waals surface area contributed by atoms with E-state index in [9.17, 15) is 0 Å². The fourth-order valence-electron chi connectivity index (χ4n) is 7.26. The first kappa shape index (κ1) is 39.0. The van der Waals surface area contributed by atoms with Crippen LogP contribution in [0, 0.1) is 5.41 Å². The maximum Gasteiger partial charge on any atom is 0.318 e. The SMILES string of the molecule is C/C=C1\C(=NC(C)CC)C(Br)=Cc2nc(OCC(C)(CCCC)CCCCCC)nc(N3C4CCC3CN(CCCOC)C4)c21.S. The molecule has 0 aromatic carbocycles. The lowest BCUT2D eigenvalue weighted by molar-refractivity contribution is 0.125. The Morgan fingerprint density at radius 3 is 2.37 bits per heavy atom. The smallest absolute Gasteiger partial charge is 0.318 e. The Bertz CT molecular complexity index is 1190. The van der Waals surface area contributed by atoms with E-state index in [2.05, 4.69) is 79.4 Å². The summed E-state index contributed by atoms with van der Waals surface area (Å²) in [5, 5.41) is 0. The minimum absolute atomic E-state index is 0. The average Bonchev–Trinajstić information content (AvgIpc) is 3.30. The van der Waals surface area contributed by atoms with Gasteiger partial charge in [0.05, 0.1) is 23.6 Å². The standard InChI is InChI=1S/C37H60BrN5O2.H2S/c1-8-12-14-15-20-37(6,19-13-9-2)26-45-36-40-32-23-31(38)34(39-27(5)10-3)30(11-4)33(32)35(41-36)43-28-17-18-29(43)25-42(24-28)21-16-22-44-7;/h11,23,27-29H,8-10,12-22,24-26H2,1-7H3;1H2/b30-11-,39-34?;. The number of methoxy groups -OCH3 is 1. The molecule has 1 aliphatic carbocycles. The van der Waals surface area contributed by atoms with E-state index in [4.69, 9.17) is 24.4 Å². The zero-order valence-electron chi connectivity index (χ0n) is 29.8. The Morgan fingerprint density at radius 1 is 1.04 bits per heavy atom. The van der Waals surface area contributed by atoms with E-state index in [-0.39, 0.29) is 25.0 Å². The molecular weight excluding hydrogens is 658 g/mol. The largest absolute Gasteiger partial charge is 0.463 e. The van der Waals surface area contributed by atoms with Crippen LogP contribution in [0.2, 0.25) is 0 Å². The van der Waals surface area contributed by atoms with Crippen LogP contribution in [-0.4, -0.2) is 78.7 Å². The van der Waals surface area contributed by atoms with Crippen molar-refractivity contribution in [3.63, 3.8) is 0 Å². The Morgan fingerprint density at radius 2 is 1.74 bits per heavy atom. The minimum atomic E-state index is 0. The summed E-state index contributed by atoms with van der Waals surface area (Å²) in [6, 6.07) is 1.59. The number of anilines is 1. The van der Waals surface area contributed by atoms with E-state index in [1.807, 2.05) is 0 Å². The highest BCUT2D eigenvalue weighted by molar-refractivity contribution is 9.12. The summed E-state index contributed by atoms with van der Waals surface area (Å²) in [6.45, 7) is 18.1. The van der Waals surface area contributed by atoms with Crippen molar-refractivity contribution in [2.75, 3.05) is 44.9 Å². The maximum absolute atomic E-state index is 6.65. The summed E-state index contributed by atoms with van der Waals surface area (Å²) in [4.78, 5) is 20.8. The molecule has 4 unspecified atom stereocenters. The van der Waals surface area contributed by atoms with Gasteiger partial charge >= 0.3 is 6.01 Å². The molecule has 1 aromatic heterocycles. The lowest BCUT2D eigenvalue weighted by Gasteiger charge is -2.43. The van der Waals surface area contributed by atoms with Gasteiger partial charge in [-0.2, -0.15) is 23.5 Å². The van der Waals surface area contributed by atoms with Gasteiger partial charge in [0.2, 0.25) is 0 Å². The number of aliphatic imine (C=N–C) groups is 1. The molecule has 0 saturated carbocycles. The van der Waals surface area contributed by atoms with Gasteiger partial charge in [-0.05, 0) is 74.4 Å². The number of allylic oxidation sites excluding steroid dienone is 3. The van der Waals surface area contributed by atoms with Gasteiger partial charge in [-0.25, -0.2) is 0 Å². The number of rotatable bonds is 18. The zero-order valence-corrected chi connectivity index (χ0v) is 32.4. The summed E-state index contributed by atoms with van der Waals surface area (Å²) >= 11 is 3.88. The molecule has 0 N–H and O–H groups in total. The van der Waals surface area contributed by atoms with Crippen molar-refractivity contribution in [1.29, 1.82) is 0 Å². The van der Waals surface area contributed by atoms with Crippen molar-refractivity contribution in [2.24, 2.45) is 10.4 Å². The summed E-state index contributed by atoms with van der Waals surface area (Å²) in [7, 11) is 1.79. The molecule has 3 heterocycles. The van der Waals surface area contributed by atoms with Crippen LogP contribution >= 0.6 is 29.4 Å². The molecule has 7 nitrogen and oxygen atoms in total. The van der Waals surface area contributed by atoms with Crippen molar-refractivity contribution in [3.05, 3.63) is 21.8 Å². The molecule has 2 bridgehead atoms. The number of unbranched alkanes of at least 4 members (excludes halogenated alkanes) is 4. The molecule has 0 amide bonds. The molecule has 9 heteroatoms. The highest BCUT2D eigenvalue weighted by Crippen LogP contribution is 2.44. The molecule has 46 heavy (non-hydrogen) atoms. The van der Waals surface area contributed by atoms with Gasteiger partial charge in [-0.3, -0.25) is 9.89 Å². The van der Waals surface area contributed by atoms with Gasteiger partial charge in [-0.15, -0.1) is 0 Å². The van der Waals surface area contributed by atoms with Crippen LogP contribution in [0.5, 0.6) is 6.01 Å². The molecule has 2 aliphatic heterocycles. The quantitative estimate of drug-likeness (QED) is 0.141. The van der Waals surface area contributed by atoms with Gasteiger partial charge in [0.1, 0.15) is 5.82 Å².